The Kier molecular flexibility index (Phi) is 4.86. The molecule has 0 aliphatic rings. The third-order valence-electron chi connectivity index (χ3n) is 3.02. The summed E-state index contributed by atoms with van der Waals surface area (Å²) in [6.45, 7) is 2.49. The van der Waals surface area contributed by atoms with Crippen LogP contribution in [0.2, 0.25) is 0 Å². The molecule has 2 rings (SSSR count). The van der Waals surface area contributed by atoms with Crippen molar-refractivity contribution in [3.63, 3.8) is 0 Å². The normalized spacial score (nSPS) is 12.6. The number of aryl methyl sites for hydroxylation is 1. The lowest BCUT2D eigenvalue weighted by Gasteiger charge is -2.23. The van der Waals surface area contributed by atoms with Crippen LogP contribution in [-0.4, -0.2) is 46.6 Å². The Bertz CT molecular complexity index is 549. The van der Waals surface area contributed by atoms with Crippen LogP contribution in [0.25, 0.3) is 0 Å². The van der Waals surface area contributed by atoms with Gasteiger partial charge in [-0.1, -0.05) is 13.0 Å². The first-order chi connectivity index (χ1) is 9.61. The fourth-order valence-corrected chi connectivity index (χ4v) is 2.76. The van der Waals surface area contributed by atoms with Crippen LogP contribution in [0, 0.1) is 0 Å². The number of thiophene rings is 1. The van der Waals surface area contributed by atoms with E-state index in [1.807, 2.05) is 32.5 Å². The Labute approximate surface area is 122 Å². The molecular formula is C13H19N5OS. The monoisotopic (exact) mass is 293 g/mol. The number of rotatable bonds is 6. The molecule has 2 aromatic heterocycles. The van der Waals surface area contributed by atoms with Gasteiger partial charge < -0.3 is 10.2 Å². The molecule has 108 valence electrons. The standard InChI is InChI=1S/C13H19N5OS/c1-4-11-15-12(17-16-11)13(19)14-8-9(18(2)3)10-6-5-7-20-10/h5-7,9H,4,8H2,1-3H3,(H,14,19)(H,15,16,17). The summed E-state index contributed by atoms with van der Waals surface area (Å²) in [6, 6.07) is 4.24. The number of H-pyrrole nitrogens is 1. The smallest absolute Gasteiger partial charge is 0.291 e. The first-order valence-electron chi connectivity index (χ1n) is 6.51. The van der Waals surface area contributed by atoms with E-state index in [1.54, 1.807) is 11.3 Å². The summed E-state index contributed by atoms with van der Waals surface area (Å²) < 4.78 is 0. The van der Waals surface area contributed by atoms with Gasteiger partial charge in [0.05, 0.1) is 6.04 Å². The molecule has 0 radical (unpaired) electrons. The first-order valence-corrected chi connectivity index (χ1v) is 7.39. The fraction of sp³-hybridized carbons (Fsp3) is 0.462. The molecule has 1 unspecified atom stereocenters. The Hall–Kier alpha value is -1.73. The second kappa shape index (κ2) is 6.62. The van der Waals surface area contributed by atoms with E-state index >= 15 is 0 Å². The predicted octanol–water partition coefficient (Wildman–Crippen LogP) is 1.46. The van der Waals surface area contributed by atoms with Gasteiger partial charge in [-0.2, -0.15) is 0 Å². The maximum absolute atomic E-state index is 12.0. The van der Waals surface area contributed by atoms with Gasteiger partial charge in [0, 0.05) is 17.8 Å². The average Bonchev–Trinajstić information content (AvgIpc) is 3.09. The molecule has 20 heavy (non-hydrogen) atoms. The molecule has 0 saturated heterocycles. The van der Waals surface area contributed by atoms with Crippen LogP contribution in [0.5, 0.6) is 0 Å². The van der Waals surface area contributed by atoms with E-state index in [4.69, 9.17) is 0 Å². The molecule has 6 nitrogen and oxygen atoms in total. The van der Waals surface area contributed by atoms with Crippen LogP contribution in [-0.2, 0) is 6.42 Å². The number of aromatic nitrogens is 3. The highest BCUT2D eigenvalue weighted by Crippen LogP contribution is 2.22. The van der Waals surface area contributed by atoms with E-state index in [0.29, 0.717) is 6.54 Å². The first kappa shape index (κ1) is 14.7. The Morgan fingerprint density at radius 1 is 1.55 bits per heavy atom. The molecule has 1 atom stereocenters. The van der Waals surface area contributed by atoms with Gasteiger partial charge in [0.2, 0.25) is 5.82 Å². The van der Waals surface area contributed by atoms with Crippen molar-refractivity contribution in [2.24, 2.45) is 0 Å². The Morgan fingerprint density at radius 3 is 2.90 bits per heavy atom. The maximum Gasteiger partial charge on any atom is 0.291 e. The largest absolute Gasteiger partial charge is 0.347 e. The van der Waals surface area contributed by atoms with Crippen molar-refractivity contribution in [3.05, 3.63) is 34.0 Å². The molecular weight excluding hydrogens is 274 g/mol. The number of hydrogen-bond donors (Lipinski definition) is 2. The van der Waals surface area contributed by atoms with Gasteiger partial charge in [0.15, 0.2) is 0 Å². The number of hydrogen-bond acceptors (Lipinski definition) is 5. The van der Waals surface area contributed by atoms with Crippen LogP contribution in [0.15, 0.2) is 17.5 Å². The number of aromatic amines is 1. The van der Waals surface area contributed by atoms with Crippen LogP contribution in [0.4, 0.5) is 0 Å². The van der Waals surface area contributed by atoms with Gasteiger partial charge in [-0.25, -0.2) is 4.98 Å². The van der Waals surface area contributed by atoms with E-state index in [0.717, 1.165) is 12.2 Å². The topological polar surface area (TPSA) is 73.9 Å². The lowest BCUT2D eigenvalue weighted by Crippen LogP contribution is -2.34. The molecule has 0 aromatic carbocycles. The summed E-state index contributed by atoms with van der Waals surface area (Å²) in [5.74, 6) is 0.674. The Morgan fingerprint density at radius 2 is 2.35 bits per heavy atom. The number of carbonyl (C=O) groups excluding carboxylic acids is 1. The highest BCUT2D eigenvalue weighted by atomic mass is 32.1. The number of likely N-dealkylation sites (N-methyl/N-ethyl adjacent to an activating group) is 1. The van der Waals surface area contributed by atoms with Gasteiger partial charge in [0.25, 0.3) is 5.91 Å². The number of carbonyl (C=O) groups is 1. The van der Waals surface area contributed by atoms with E-state index in [-0.39, 0.29) is 17.8 Å². The second-order valence-electron chi connectivity index (χ2n) is 4.66. The van der Waals surface area contributed by atoms with Crippen molar-refractivity contribution >= 4 is 17.2 Å². The van der Waals surface area contributed by atoms with Crippen LogP contribution < -0.4 is 5.32 Å². The lowest BCUT2D eigenvalue weighted by molar-refractivity contribution is 0.0932. The number of nitrogens with zero attached hydrogens (tertiary/aromatic N) is 3. The summed E-state index contributed by atoms with van der Waals surface area (Å²) in [5, 5.41) is 11.6. The van der Waals surface area contributed by atoms with Gasteiger partial charge in [-0.05, 0) is 25.5 Å². The molecule has 2 heterocycles. The number of nitrogens with one attached hydrogen (secondary N) is 2. The van der Waals surface area contributed by atoms with Crippen molar-refractivity contribution in [2.45, 2.75) is 19.4 Å². The zero-order chi connectivity index (χ0) is 14.5. The molecule has 7 heteroatoms. The maximum atomic E-state index is 12.0. The minimum absolute atomic E-state index is 0.156. The van der Waals surface area contributed by atoms with E-state index in [2.05, 4.69) is 31.5 Å². The second-order valence-corrected chi connectivity index (χ2v) is 5.64. The minimum Gasteiger partial charge on any atom is -0.347 e. The van der Waals surface area contributed by atoms with Crippen molar-refractivity contribution in [3.8, 4) is 0 Å². The predicted molar refractivity (Wildman–Crippen MR) is 78.8 cm³/mol. The molecule has 0 spiro atoms. The summed E-state index contributed by atoms with van der Waals surface area (Å²) >= 11 is 1.68. The summed E-state index contributed by atoms with van der Waals surface area (Å²) in [4.78, 5) is 19.4. The molecule has 0 bridgehead atoms. The van der Waals surface area contributed by atoms with Crippen molar-refractivity contribution in [1.29, 1.82) is 0 Å². The van der Waals surface area contributed by atoms with E-state index < -0.39 is 0 Å². The molecule has 2 N–H and O–H groups in total. The Balaban J connectivity index is 1.97. The van der Waals surface area contributed by atoms with Gasteiger partial charge >= 0.3 is 0 Å². The summed E-state index contributed by atoms with van der Waals surface area (Å²) in [5.41, 5.74) is 0. The molecule has 2 aromatic rings. The number of amides is 1. The SMILES string of the molecule is CCc1nc(C(=O)NCC(c2cccs2)N(C)C)n[nH]1. The van der Waals surface area contributed by atoms with Crippen molar-refractivity contribution < 1.29 is 4.79 Å². The molecule has 0 fully saturated rings. The fourth-order valence-electron chi connectivity index (χ4n) is 1.84. The quantitative estimate of drug-likeness (QED) is 0.845. The minimum atomic E-state index is -0.246. The zero-order valence-electron chi connectivity index (χ0n) is 11.9. The highest BCUT2D eigenvalue weighted by molar-refractivity contribution is 7.10. The zero-order valence-corrected chi connectivity index (χ0v) is 12.7. The molecule has 0 aliphatic heterocycles. The summed E-state index contributed by atoms with van der Waals surface area (Å²) in [7, 11) is 4.00. The average molecular weight is 293 g/mol. The van der Waals surface area contributed by atoms with Crippen LogP contribution >= 0.6 is 11.3 Å². The van der Waals surface area contributed by atoms with E-state index in [1.165, 1.54) is 4.88 Å². The van der Waals surface area contributed by atoms with Crippen LogP contribution in [0.1, 0.15) is 34.3 Å². The van der Waals surface area contributed by atoms with Gasteiger partial charge in [-0.15, -0.1) is 16.4 Å². The molecule has 0 saturated carbocycles. The van der Waals surface area contributed by atoms with Crippen molar-refractivity contribution in [2.75, 3.05) is 20.6 Å². The van der Waals surface area contributed by atoms with Gasteiger partial charge in [-0.3, -0.25) is 9.89 Å². The third-order valence-corrected chi connectivity index (χ3v) is 3.99. The van der Waals surface area contributed by atoms with Crippen molar-refractivity contribution in [1.82, 2.24) is 25.4 Å². The van der Waals surface area contributed by atoms with E-state index in [9.17, 15) is 4.79 Å². The van der Waals surface area contributed by atoms with Gasteiger partial charge in [0.1, 0.15) is 5.82 Å². The lowest BCUT2D eigenvalue weighted by atomic mass is 10.2. The third kappa shape index (κ3) is 3.43. The molecule has 1 amide bonds. The molecule has 0 aliphatic carbocycles. The van der Waals surface area contributed by atoms with Crippen LogP contribution in [0.3, 0.4) is 0 Å². The summed E-state index contributed by atoms with van der Waals surface area (Å²) in [6.07, 6.45) is 0.732. The highest BCUT2D eigenvalue weighted by Gasteiger charge is 2.18.